The molecule has 25 heavy (non-hydrogen) atoms. The van der Waals surface area contributed by atoms with Gasteiger partial charge in [-0.3, -0.25) is 9.59 Å². The minimum atomic E-state index is -0.115. The highest BCUT2D eigenvalue weighted by molar-refractivity contribution is 14.1. The van der Waals surface area contributed by atoms with Crippen molar-refractivity contribution in [1.82, 2.24) is 4.90 Å². The van der Waals surface area contributed by atoms with E-state index in [2.05, 4.69) is 34.0 Å². The number of hydrogen-bond acceptors (Lipinski definition) is 2. The fraction of sp³-hybridized carbons (Fsp3) is 0.300. The van der Waals surface area contributed by atoms with Crippen molar-refractivity contribution in [3.63, 3.8) is 0 Å². The molecule has 1 N–H and O–H groups in total. The van der Waals surface area contributed by atoms with Crippen molar-refractivity contribution in [3.8, 4) is 0 Å². The van der Waals surface area contributed by atoms with Crippen molar-refractivity contribution >= 4 is 40.1 Å². The molecule has 0 aromatic heterocycles. The summed E-state index contributed by atoms with van der Waals surface area (Å²) in [5, 5.41) is 2.97. The van der Waals surface area contributed by atoms with Crippen molar-refractivity contribution in [1.29, 1.82) is 0 Å². The van der Waals surface area contributed by atoms with Crippen molar-refractivity contribution in [2.24, 2.45) is 5.92 Å². The lowest BCUT2D eigenvalue weighted by Gasteiger charge is -2.30. The number of carbonyl (C=O) groups is 2. The normalized spacial score (nSPS) is 13.5. The molecule has 0 aliphatic carbocycles. The van der Waals surface area contributed by atoms with E-state index in [1.807, 2.05) is 55.1 Å². The highest BCUT2D eigenvalue weighted by atomic mass is 127. The van der Waals surface area contributed by atoms with Gasteiger partial charge in [0.2, 0.25) is 5.91 Å². The number of benzene rings is 2. The third-order valence-corrected chi connectivity index (χ3v) is 5.34. The molecule has 130 valence electrons. The molecule has 0 saturated carbocycles. The number of amides is 2. The summed E-state index contributed by atoms with van der Waals surface area (Å²) in [7, 11) is 0. The Morgan fingerprint density at radius 3 is 2.60 bits per heavy atom. The molecular formula is C20H21IN2O2. The molecule has 0 spiro atoms. The first kappa shape index (κ1) is 17.9. The lowest BCUT2D eigenvalue weighted by molar-refractivity contribution is -0.135. The van der Waals surface area contributed by atoms with Gasteiger partial charge in [-0.1, -0.05) is 32.0 Å². The molecule has 1 heterocycles. The molecule has 2 aromatic rings. The van der Waals surface area contributed by atoms with E-state index in [4.69, 9.17) is 0 Å². The largest absolute Gasteiger partial charge is 0.338 e. The molecule has 0 bridgehead atoms. The van der Waals surface area contributed by atoms with Crippen LogP contribution in [0.5, 0.6) is 0 Å². The summed E-state index contributed by atoms with van der Waals surface area (Å²) in [5.74, 6) is 0.0689. The number of nitrogens with zero attached hydrogens (tertiary/aromatic N) is 1. The second-order valence-electron chi connectivity index (χ2n) is 6.58. The fourth-order valence-corrected chi connectivity index (χ4v) is 3.66. The molecule has 0 radical (unpaired) electrons. The predicted molar refractivity (Wildman–Crippen MR) is 108 cm³/mol. The average molecular weight is 448 g/mol. The minimum Gasteiger partial charge on any atom is -0.338 e. The van der Waals surface area contributed by atoms with E-state index in [-0.39, 0.29) is 17.7 Å². The van der Waals surface area contributed by atoms with E-state index >= 15 is 0 Å². The summed E-state index contributed by atoms with van der Waals surface area (Å²) in [4.78, 5) is 26.6. The molecule has 4 nitrogen and oxygen atoms in total. The summed E-state index contributed by atoms with van der Waals surface area (Å²) in [5.41, 5.74) is 3.79. The Morgan fingerprint density at radius 1 is 1.12 bits per heavy atom. The van der Waals surface area contributed by atoms with Crippen molar-refractivity contribution in [2.75, 3.05) is 11.9 Å². The first-order valence-corrected chi connectivity index (χ1v) is 9.50. The van der Waals surface area contributed by atoms with Crippen molar-refractivity contribution in [2.45, 2.75) is 26.8 Å². The second kappa shape index (κ2) is 7.56. The highest BCUT2D eigenvalue weighted by Gasteiger charge is 2.23. The molecule has 2 aromatic carbocycles. The molecular weight excluding hydrogens is 427 g/mol. The van der Waals surface area contributed by atoms with Crippen LogP contribution in [0.2, 0.25) is 0 Å². The van der Waals surface area contributed by atoms with Crippen LogP contribution in [0.25, 0.3) is 0 Å². The zero-order valence-corrected chi connectivity index (χ0v) is 16.5. The predicted octanol–water partition coefficient (Wildman–Crippen LogP) is 4.08. The van der Waals surface area contributed by atoms with Crippen molar-refractivity contribution in [3.05, 3.63) is 62.7 Å². The smallest absolute Gasteiger partial charge is 0.256 e. The molecule has 0 atom stereocenters. The van der Waals surface area contributed by atoms with E-state index in [0.717, 1.165) is 27.8 Å². The first-order valence-electron chi connectivity index (χ1n) is 8.42. The molecule has 2 amide bonds. The van der Waals surface area contributed by atoms with Gasteiger partial charge in [0.05, 0.1) is 5.56 Å². The number of halogens is 1. The van der Waals surface area contributed by atoms with Crippen LogP contribution < -0.4 is 5.32 Å². The van der Waals surface area contributed by atoms with Gasteiger partial charge >= 0.3 is 0 Å². The SMILES string of the molecule is CC(C)C(=O)N1CCc2ccc(NC(=O)c3ccccc3I)cc2C1. The third kappa shape index (κ3) is 4.03. The Kier molecular flexibility index (Phi) is 5.42. The maximum Gasteiger partial charge on any atom is 0.256 e. The van der Waals surface area contributed by atoms with E-state index < -0.39 is 0 Å². The van der Waals surface area contributed by atoms with Crippen LogP contribution in [0.15, 0.2) is 42.5 Å². The quantitative estimate of drug-likeness (QED) is 0.720. The monoisotopic (exact) mass is 448 g/mol. The van der Waals surface area contributed by atoms with Gasteiger partial charge in [0.1, 0.15) is 0 Å². The minimum absolute atomic E-state index is 0.00425. The van der Waals surface area contributed by atoms with Crippen molar-refractivity contribution < 1.29 is 9.59 Å². The molecule has 1 aliphatic heterocycles. The van der Waals surface area contributed by atoms with Crippen LogP contribution in [0, 0.1) is 9.49 Å². The van der Waals surface area contributed by atoms with Gasteiger partial charge in [-0.15, -0.1) is 0 Å². The summed E-state index contributed by atoms with van der Waals surface area (Å²) in [6.45, 7) is 5.23. The molecule has 3 rings (SSSR count). The van der Waals surface area contributed by atoms with E-state index in [9.17, 15) is 9.59 Å². The Bertz CT molecular complexity index is 817. The maximum atomic E-state index is 12.5. The van der Waals surface area contributed by atoms with Gasteiger partial charge in [-0.2, -0.15) is 0 Å². The Labute approximate surface area is 161 Å². The molecule has 0 saturated heterocycles. The molecule has 0 fully saturated rings. The zero-order chi connectivity index (χ0) is 18.0. The van der Waals surface area contributed by atoms with Gasteiger partial charge in [-0.05, 0) is 64.4 Å². The zero-order valence-electron chi connectivity index (χ0n) is 14.4. The molecule has 5 heteroatoms. The van der Waals surface area contributed by atoms with E-state index in [1.165, 1.54) is 5.56 Å². The lowest BCUT2D eigenvalue weighted by Crippen LogP contribution is -2.38. The lowest BCUT2D eigenvalue weighted by atomic mass is 9.98. The van der Waals surface area contributed by atoms with Gasteiger partial charge in [0.15, 0.2) is 0 Å². The second-order valence-corrected chi connectivity index (χ2v) is 7.74. The number of nitrogens with one attached hydrogen (secondary N) is 1. The summed E-state index contributed by atoms with van der Waals surface area (Å²) >= 11 is 2.16. The maximum absolute atomic E-state index is 12.5. The summed E-state index contributed by atoms with van der Waals surface area (Å²) < 4.78 is 0.921. The summed E-state index contributed by atoms with van der Waals surface area (Å²) in [6.07, 6.45) is 0.860. The third-order valence-electron chi connectivity index (χ3n) is 4.40. The van der Waals surface area contributed by atoms with Gasteiger partial charge in [-0.25, -0.2) is 0 Å². The highest BCUT2D eigenvalue weighted by Crippen LogP contribution is 2.24. The number of hydrogen-bond donors (Lipinski definition) is 1. The van der Waals surface area contributed by atoms with Crippen LogP contribution in [0.4, 0.5) is 5.69 Å². The number of carbonyl (C=O) groups excluding carboxylic acids is 2. The Balaban J connectivity index is 1.77. The van der Waals surface area contributed by atoms with E-state index in [1.54, 1.807) is 0 Å². The Hall–Kier alpha value is -1.89. The van der Waals surface area contributed by atoms with E-state index in [0.29, 0.717) is 12.1 Å². The number of anilines is 1. The van der Waals surface area contributed by atoms with Crippen LogP contribution >= 0.6 is 22.6 Å². The molecule has 1 aliphatic rings. The van der Waals surface area contributed by atoms with Crippen LogP contribution in [0.3, 0.4) is 0 Å². The van der Waals surface area contributed by atoms with Gasteiger partial charge in [0.25, 0.3) is 5.91 Å². The first-order chi connectivity index (χ1) is 12.0. The van der Waals surface area contributed by atoms with Crippen LogP contribution in [0.1, 0.15) is 35.3 Å². The fourth-order valence-electron chi connectivity index (χ4n) is 3.03. The van der Waals surface area contributed by atoms with Gasteiger partial charge in [0, 0.05) is 28.3 Å². The number of fused-ring (bicyclic) bond motifs is 1. The number of rotatable bonds is 3. The van der Waals surface area contributed by atoms with Crippen LogP contribution in [-0.4, -0.2) is 23.3 Å². The van der Waals surface area contributed by atoms with Gasteiger partial charge < -0.3 is 10.2 Å². The topological polar surface area (TPSA) is 49.4 Å². The average Bonchev–Trinajstić information content (AvgIpc) is 2.60. The Morgan fingerprint density at radius 2 is 1.88 bits per heavy atom. The summed E-state index contributed by atoms with van der Waals surface area (Å²) in [6, 6.07) is 13.5. The standard InChI is InChI=1S/C20H21IN2O2/c1-13(2)20(25)23-10-9-14-7-8-16(11-15(14)12-23)22-19(24)17-5-3-4-6-18(17)21/h3-8,11,13H,9-10,12H2,1-2H3,(H,22,24). The molecule has 0 unspecified atom stereocenters. The van der Waals surface area contributed by atoms with Crippen LogP contribution in [-0.2, 0) is 17.8 Å².